The van der Waals surface area contributed by atoms with Gasteiger partial charge in [-0.1, -0.05) is 0 Å². The molecule has 0 saturated carbocycles. The van der Waals surface area contributed by atoms with Crippen molar-refractivity contribution in [2.45, 2.75) is 18.9 Å². The first-order chi connectivity index (χ1) is 4.18. The Balaban J connectivity index is 3.27. The van der Waals surface area contributed by atoms with Gasteiger partial charge in [0.15, 0.2) is 0 Å². The molecule has 0 heterocycles. The van der Waals surface area contributed by atoms with Gasteiger partial charge in [-0.25, -0.2) is 0 Å². The first-order valence-electron chi connectivity index (χ1n) is 2.83. The number of hydrogen-bond donors (Lipinski definition) is 2. The lowest BCUT2D eigenvalue weighted by Gasteiger charge is -2.02. The van der Waals surface area contributed by atoms with Crippen molar-refractivity contribution >= 4 is 20.6 Å². The summed E-state index contributed by atoms with van der Waals surface area (Å²) in [6.45, 7) is 0.591. The van der Waals surface area contributed by atoms with E-state index in [1.807, 2.05) is 0 Å². The summed E-state index contributed by atoms with van der Waals surface area (Å²) >= 11 is 2.77. The standard InChI is InChI=1S/C5H11BrN2O/c6-5(9)4(8)2-1-3-7/h4H,1-3,7-8H2. The van der Waals surface area contributed by atoms with Gasteiger partial charge in [0.25, 0.3) is 0 Å². The van der Waals surface area contributed by atoms with Crippen LogP contribution in [0, 0.1) is 0 Å². The highest BCUT2D eigenvalue weighted by Crippen LogP contribution is 1.98. The van der Waals surface area contributed by atoms with Crippen LogP contribution in [0.4, 0.5) is 0 Å². The fraction of sp³-hybridized carbons (Fsp3) is 0.800. The Morgan fingerprint density at radius 3 is 2.56 bits per heavy atom. The van der Waals surface area contributed by atoms with Gasteiger partial charge in [-0.15, -0.1) is 0 Å². The van der Waals surface area contributed by atoms with Crippen LogP contribution in [0.2, 0.25) is 0 Å². The molecule has 0 spiro atoms. The summed E-state index contributed by atoms with van der Waals surface area (Å²) in [5.74, 6) is 0. The maximum atomic E-state index is 10.4. The molecule has 0 bridgehead atoms. The largest absolute Gasteiger partial charge is 0.330 e. The number of carbonyl (C=O) groups is 1. The lowest BCUT2D eigenvalue weighted by atomic mass is 10.2. The molecule has 0 aromatic rings. The van der Waals surface area contributed by atoms with Crippen LogP contribution in [0.25, 0.3) is 0 Å². The van der Waals surface area contributed by atoms with E-state index in [4.69, 9.17) is 11.5 Å². The molecule has 3 nitrogen and oxygen atoms in total. The molecule has 0 amide bonds. The summed E-state index contributed by atoms with van der Waals surface area (Å²) in [5, 5.41) is 0. The minimum Gasteiger partial charge on any atom is -0.330 e. The van der Waals surface area contributed by atoms with E-state index in [9.17, 15) is 4.79 Å². The topological polar surface area (TPSA) is 69.1 Å². The molecule has 0 fully saturated rings. The quantitative estimate of drug-likeness (QED) is 0.619. The number of hydrogen-bond acceptors (Lipinski definition) is 3. The fourth-order valence-electron chi connectivity index (χ4n) is 0.451. The van der Waals surface area contributed by atoms with Gasteiger partial charge in [-0.05, 0) is 35.3 Å². The first kappa shape index (κ1) is 9.07. The molecule has 1 unspecified atom stereocenters. The highest BCUT2D eigenvalue weighted by Gasteiger charge is 2.07. The highest BCUT2D eigenvalue weighted by atomic mass is 79.9. The Bertz CT molecular complexity index is 97.0. The summed E-state index contributed by atoms with van der Waals surface area (Å²) < 4.78 is -0.143. The van der Waals surface area contributed by atoms with Crippen molar-refractivity contribution in [1.82, 2.24) is 0 Å². The third-order valence-corrected chi connectivity index (χ3v) is 1.60. The molecule has 54 valence electrons. The molecule has 0 aromatic heterocycles. The molecule has 1 atom stereocenters. The van der Waals surface area contributed by atoms with E-state index in [1.54, 1.807) is 0 Å². The molecule has 4 N–H and O–H groups in total. The van der Waals surface area contributed by atoms with Gasteiger partial charge in [-0.3, -0.25) is 4.79 Å². The molecule has 0 aliphatic rings. The predicted molar refractivity (Wildman–Crippen MR) is 40.2 cm³/mol. The summed E-state index contributed by atoms with van der Waals surface area (Å²) in [7, 11) is 0. The zero-order valence-electron chi connectivity index (χ0n) is 5.14. The first-order valence-corrected chi connectivity index (χ1v) is 3.62. The molecule has 0 radical (unpaired) electrons. The van der Waals surface area contributed by atoms with Crippen LogP contribution < -0.4 is 11.5 Å². The van der Waals surface area contributed by atoms with E-state index < -0.39 is 0 Å². The maximum Gasteiger partial charge on any atom is 0.214 e. The van der Waals surface area contributed by atoms with Gasteiger partial charge < -0.3 is 11.5 Å². The van der Waals surface area contributed by atoms with Crippen molar-refractivity contribution in [3.8, 4) is 0 Å². The summed E-state index contributed by atoms with van der Waals surface area (Å²) in [6.07, 6.45) is 1.47. The van der Waals surface area contributed by atoms with E-state index in [-0.39, 0.29) is 10.7 Å². The fourth-order valence-corrected chi connectivity index (χ4v) is 0.680. The van der Waals surface area contributed by atoms with Crippen molar-refractivity contribution < 1.29 is 4.79 Å². The zero-order chi connectivity index (χ0) is 7.28. The van der Waals surface area contributed by atoms with Gasteiger partial charge >= 0.3 is 0 Å². The number of halogens is 1. The minimum absolute atomic E-state index is 0.143. The summed E-state index contributed by atoms with van der Waals surface area (Å²) in [5.41, 5.74) is 10.5. The SMILES string of the molecule is NCCCC(N)C(=O)Br. The Morgan fingerprint density at radius 2 is 2.22 bits per heavy atom. The molecular formula is C5H11BrN2O. The Hall–Kier alpha value is 0.0700. The van der Waals surface area contributed by atoms with Crippen molar-refractivity contribution in [1.29, 1.82) is 0 Å². The second-order valence-electron chi connectivity index (χ2n) is 1.84. The third kappa shape index (κ3) is 4.57. The van der Waals surface area contributed by atoms with E-state index in [0.29, 0.717) is 13.0 Å². The normalized spacial score (nSPS) is 13.2. The average Bonchev–Trinajstić information content (AvgIpc) is 1.82. The Kier molecular flexibility index (Phi) is 4.94. The lowest BCUT2D eigenvalue weighted by molar-refractivity contribution is -0.111. The van der Waals surface area contributed by atoms with Crippen molar-refractivity contribution in [2.75, 3.05) is 6.54 Å². The van der Waals surface area contributed by atoms with E-state index in [0.717, 1.165) is 6.42 Å². The van der Waals surface area contributed by atoms with Crippen LogP contribution in [0.3, 0.4) is 0 Å². The molecule has 4 heteroatoms. The predicted octanol–water partition coefficient (Wildman–Crippen LogP) is -0.0259. The number of nitrogens with two attached hydrogens (primary N) is 2. The van der Waals surface area contributed by atoms with E-state index in [1.165, 1.54) is 0 Å². The highest BCUT2D eigenvalue weighted by molar-refractivity contribution is 9.18. The van der Waals surface area contributed by atoms with Gasteiger partial charge in [0.1, 0.15) is 0 Å². The zero-order valence-corrected chi connectivity index (χ0v) is 6.73. The Labute approximate surface area is 62.9 Å². The van der Waals surface area contributed by atoms with E-state index in [2.05, 4.69) is 15.9 Å². The van der Waals surface area contributed by atoms with Crippen molar-refractivity contribution in [3.63, 3.8) is 0 Å². The van der Waals surface area contributed by atoms with Gasteiger partial charge in [0.05, 0.1) is 6.04 Å². The monoisotopic (exact) mass is 194 g/mol. The molecular weight excluding hydrogens is 184 g/mol. The number of rotatable bonds is 4. The Morgan fingerprint density at radius 1 is 1.67 bits per heavy atom. The van der Waals surface area contributed by atoms with Crippen LogP contribution in [0.5, 0.6) is 0 Å². The summed E-state index contributed by atoms with van der Waals surface area (Å²) in [6, 6.07) is -0.381. The molecule has 0 aliphatic heterocycles. The second kappa shape index (κ2) is 4.90. The molecule has 9 heavy (non-hydrogen) atoms. The van der Waals surface area contributed by atoms with Crippen LogP contribution >= 0.6 is 15.9 Å². The molecule has 0 rings (SSSR count). The molecule has 0 saturated heterocycles. The smallest absolute Gasteiger partial charge is 0.214 e. The molecule has 0 aliphatic carbocycles. The van der Waals surface area contributed by atoms with E-state index >= 15 is 0 Å². The van der Waals surface area contributed by atoms with Gasteiger partial charge in [0.2, 0.25) is 4.69 Å². The second-order valence-corrected chi connectivity index (χ2v) is 2.62. The van der Waals surface area contributed by atoms with Crippen molar-refractivity contribution in [3.05, 3.63) is 0 Å². The number of carbonyl (C=O) groups excluding carboxylic acids is 1. The van der Waals surface area contributed by atoms with Crippen LogP contribution in [-0.2, 0) is 4.79 Å². The van der Waals surface area contributed by atoms with Crippen molar-refractivity contribution in [2.24, 2.45) is 11.5 Å². The van der Waals surface area contributed by atoms with Crippen LogP contribution in [-0.4, -0.2) is 17.3 Å². The molecule has 0 aromatic carbocycles. The third-order valence-electron chi connectivity index (χ3n) is 1.01. The van der Waals surface area contributed by atoms with Gasteiger partial charge in [-0.2, -0.15) is 0 Å². The van der Waals surface area contributed by atoms with Crippen LogP contribution in [0.1, 0.15) is 12.8 Å². The average molecular weight is 195 g/mol. The lowest BCUT2D eigenvalue weighted by Crippen LogP contribution is -2.26. The van der Waals surface area contributed by atoms with Crippen LogP contribution in [0.15, 0.2) is 0 Å². The maximum absolute atomic E-state index is 10.4. The van der Waals surface area contributed by atoms with Gasteiger partial charge in [0, 0.05) is 0 Å². The summed E-state index contributed by atoms with van der Waals surface area (Å²) in [4.78, 5) is 10.4. The minimum atomic E-state index is -0.381.